The topological polar surface area (TPSA) is 80.6 Å². The predicted octanol–water partition coefficient (Wildman–Crippen LogP) is 4.38. The van der Waals surface area contributed by atoms with Gasteiger partial charge in [-0.15, -0.1) is 0 Å². The zero-order valence-electron chi connectivity index (χ0n) is 22.5. The van der Waals surface area contributed by atoms with Crippen molar-refractivity contribution in [2.75, 3.05) is 38.4 Å². The fraction of sp³-hybridized carbons (Fsp3) is 0.593. The van der Waals surface area contributed by atoms with Crippen LogP contribution in [0, 0.1) is 6.92 Å². The van der Waals surface area contributed by atoms with Crippen molar-refractivity contribution in [1.29, 1.82) is 0 Å². The molecular formula is C27H43N3O4S. The van der Waals surface area contributed by atoms with Gasteiger partial charge in [0.15, 0.2) is 15.8 Å². The van der Waals surface area contributed by atoms with Crippen LogP contribution in [0.5, 0.6) is 5.75 Å². The Bertz CT molecular complexity index is 1080. The standard InChI is InChI=1S/C27H43N3O4S/c1-8-27(9-2,22-13-14-25(21(6)17-22)34-20-35(7,32)33)23-18-24(30(12-5)19-23)26(31)28-15-16-29(10-3)11-4/h13-14,17-19H,8-12,15-16,20H2,1-7H3,(H,28,31). The molecule has 0 bridgehead atoms. The Kier molecular flexibility index (Phi) is 10.4. The molecule has 2 aromatic rings. The summed E-state index contributed by atoms with van der Waals surface area (Å²) in [5.41, 5.74) is 3.55. The van der Waals surface area contributed by atoms with Gasteiger partial charge in [0.1, 0.15) is 11.4 Å². The molecule has 0 atom stereocenters. The summed E-state index contributed by atoms with van der Waals surface area (Å²) in [5, 5.41) is 3.09. The van der Waals surface area contributed by atoms with Gasteiger partial charge < -0.3 is 19.5 Å². The largest absolute Gasteiger partial charge is 0.478 e. The van der Waals surface area contributed by atoms with Gasteiger partial charge in [0.25, 0.3) is 5.91 Å². The van der Waals surface area contributed by atoms with Gasteiger partial charge in [-0.25, -0.2) is 8.42 Å². The SMILES string of the molecule is CCN(CC)CCNC(=O)c1cc(C(CC)(CC)c2ccc(OCS(C)(=O)=O)c(C)c2)cn1CC. The lowest BCUT2D eigenvalue weighted by Crippen LogP contribution is -2.35. The predicted molar refractivity (Wildman–Crippen MR) is 143 cm³/mol. The molecule has 0 fully saturated rings. The summed E-state index contributed by atoms with van der Waals surface area (Å²) in [6.07, 6.45) is 4.99. The number of benzene rings is 1. The smallest absolute Gasteiger partial charge is 0.267 e. The molecule has 1 N–H and O–H groups in total. The van der Waals surface area contributed by atoms with Gasteiger partial charge in [-0.1, -0.05) is 39.8 Å². The molecular weight excluding hydrogens is 462 g/mol. The summed E-state index contributed by atoms with van der Waals surface area (Å²) >= 11 is 0. The summed E-state index contributed by atoms with van der Waals surface area (Å²) in [4.78, 5) is 15.4. The minimum absolute atomic E-state index is 0.0490. The number of rotatable bonds is 14. The summed E-state index contributed by atoms with van der Waals surface area (Å²) in [6.45, 7) is 16.7. The lowest BCUT2D eigenvalue weighted by atomic mass is 9.71. The van der Waals surface area contributed by atoms with Gasteiger partial charge in [0.2, 0.25) is 0 Å². The highest BCUT2D eigenvalue weighted by atomic mass is 32.2. The molecule has 0 unspecified atom stereocenters. The first kappa shape index (κ1) is 28.9. The van der Waals surface area contributed by atoms with E-state index in [1.807, 2.05) is 36.6 Å². The third-order valence-electron chi connectivity index (χ3n) is 6.99. The molecule has 0 saturated heterocycles. The average Bonchev–Trinajstić information content (AvgIpc) is 3.27. The molecule has 1 aromatic heterocycles. The van der Waals surface area contributed by atoms with Crippen molar-refractivity contribution in [3.63, 3.8) is 0 Å². The number of aryl methyl sites for hydroxylation is 2. The van der Waals surface area contributed by atoms with E-state index >= 15 is 0 Å². The highest BCUT2D eigenvalue weighted by Gasteiger charge is 2.33. The number of sulfone groups is 1. The number of carbonyl (C=O) groups excluding carboxylic acids is 1. The van der Waals surface area contributed by atoms with Crippen LogP contribution in [0.15, 0.2) is 30.5 Å². The Balaban J connectivity index is 2.36. The molecule has 196 valence electrons. The molecule has 35 heavy (non-hydrogen) atoms. The van der Waals surface area contributed by atoms with Gasteiger partial charge in [0, 0.05) is 37.5 Å². The lowest BCUT2D eigenvalue weighted by Gasteiger charge is -2.32. The van der Waals surface area contributed by atoms with Crippen LogP contribution < -0.4 is 10.1 Å². The normalized spacial score (nSPS) is 12.2. The number of amides is 1. The lowest BCUT2D eigenvalue weighted by molar-refractivity contribution is 0.0939. The van der Waals surface area contributed by atoms with Crippen molar-refractivity contribution in [1.82, 2.24) is 14.8 Å². The number of likely N-dealkylation sites (N-methyl/N-ethyl adjacent to an activating group) is 1. The van der Waals surface area contributed by atoms with Crippen LogP contribution in [-0.2, 0) is 21.8 Å². The summed E-state index contributed by atoms with van der Waals surface area (Å²) < 4.78 is 30.6. The average molecular weight is 506 g/mol. The first-order valence-electron chi connectivity index (χ1n) is 12.7. The second-order valence-electron chi connectivity index (χ2n) is 9.14. The number of carbonyl (C=O) groups is 1. The Labute approximate surface area is 211 Å². The quantitative estimate of drug-likeness (QED) is 0.412. The molecule has 1 aromatic carbocycles. The Morgan fingerprint density at radius 1 is 1.06 bits per heavy atom. The van der Waals surface area contributed by atoms with E-state index in [4.69, 9.17) is 4.74 Å². The van der Waals surface area contributed by atoms with E-state index in [1.165, 1.54) is 0 Å². The first-order valence-corrected chi connectivity index (χ1v) is 14.7. The molecule has 7 nitrogen and oxygen atoms in total. The molecule has 8 heteroatoms. The number of ether oxygens (including phenoxy) is 1. The van der Waals surface area contributed by atoms with Crippen molar-refractivity contribution in [3.05, 3.63) is 52.8 Å². The van der Waals surface area contributed by atoms with Gasteiger partial charge in [-0.3, -0.25) is 4.79 Å². The van der Waals surface area contributed by atoms with Gasteiger partial charge >= 0.3 is 0 Å². The van der Waals surface area contributed by atoms with Gasteiger partial charge in [-0.05, 0) is 68.6 Å². The van der Waals surface area contributed by atoms with Crippen LogP contribution in [0.2, 0.25) is 0 Å². The van der Waals surface area contributed by atoms with Crippen molar-refractivity contribution in [3.8, 4) is 5.75 Å². The monoisotopic (exact) mass is 505 g/mol. The minimum atomic E-state index is -3.22. The third kappa shape index (κ3) is 7.10. The molecule has 1 heterocycles. The number of nitrogens with one attached hydrogen (secondary N) is 1. The molecule has 0 aliphatic heterocycles. The van der Waals surface area contributed by atoms with Crippen molar-refractivity contribution >= 4 is 15.7 Å². The van der Waals surface area contributed by atoms with E-state index in [0.29, 0.717) is 24.5 Å². The minimum Gasteiger partial charge on any atom is -0.478 e. The summed E-state index contributed by atoms with van der Waals surface area (Å²) in [7, 11) is -3.22. The zero-order valence-corrected chi connectivity index (χ0v) is 23.3. The number of nitrogens with zero attached hydrogens (tertiary/aromatic N) is 2. The van der Waals surface area contributed by atoms with Crippen LogP contribution in [0.3, 0.4) is 0 Å². The fourth-order valence-electron chi connectivity index (χ4n) is 4.69. The maximum atomic E-state index is 13.1. The maximum absolute atomic E-state index is 13.1. The second-order valence-corrected chi connectivity index (χ2v) is 11.2. The van der Waals surface area contributed by atoms with Crippen LogP contribution in [0.4, 0.5) is 0 Å². The molecule has 0 radical (unpaired) electrons. The maximum Gasteiger partial charge on any atom is 0.267 e. The van der Waals surface area contributed by atoms with Crippen LogP contribution in [0.1, 0.15) is 74.6 Å². The number of aromatic nitrogens is 1. The molecule has 0 spiro atoms. The van der Waals surface area contributed by atoms with Gasteiger partial charge in [-0.2, -0.15) is 0 Å². The van der Waals surface area contributed by atoms with Crippen molar-refractivity contribution in [2.45, 2.75) is 66.3 Å². The highest BCUT2D eigenvalue weighted by molar-refractivity contribution is 7.90. The zero-order chi connectivity index (χ0) is 26.2. The summed E-state index contributed by atoms with van der Waals surface area (Å²) in [5.74, 6) is 0.179. The van der Waals surface area contributed by atoms with E-state index in [0.717, 1.165) is 55.4 Å². The number of hydrogen-bond donors (Lipinski definition) is 1. The Morgan fingerprint density at radius 3 is 2.23 bits per heavy atom. The van der Waals surface area contributed by atoms with Crippen molar-refractivity contribution in [2.24, 2.45) is 0 Å². The number of hydrogen-bond acceptors (Lipinski definition) is 5. The highest BCUT2D eigenvalue weighted by Crippen LogP contribution is 2.41. The van der Waals surface area contributed by atoms with Crippen LogP contribution in [0.25, 0.3) is 0 Å². The Morgan fingerprint density at radius 2 is 1.71 bits per heavy atom. The van der Waals surface area contributed by atoms with E-state index in [1.54, 1.807) is 0 Å². The second kappa shape index (κ2) is 12.6. The Hall–Kier alpha value is -2.32. The third-order valence-corrected chi connectivity index (χ3v) is 7.54. The summed E-state index contributed by atoms with van der Waals surface area (Å²) in [6, 6.07) is 7.99. The van der Waals surface area contributed by atoms with E-state index < -0.39 is 9.84 Å². The molecule has 0 saturated carbocycles. The van der Waals surface area contributed by atoms with Crippen LogP contribution in [-0.4, -0.2) is 62.2 Å². The fourth-order valence-corrected chi connectivity index (χ4v) is 5.04. The molecule has 0 aliphatic rings. The van der Waals surface area contributed by atoms with E-state index in [9.17, 15) is 13.2 Å². The van der Waals surface area contributed by atoms with Crippen LogP contribution >= 0.6 is 0 Å². The molecule has 0 aliphatic carbocycles. The van der Waals surface area contributed by atoms with E-state index in [2.05, 4.69) is 50.2 Å². The van der Waals surface area contributed by atoms with E-state index in [-0.39, 0.29) is 17.3 Å². The van der Waals surface area contributed by atoms with Crippen molar-refractivity contribution < 1.29 is 17.9 Å². The first-order chi connectivity index (χ1) is 16.5. The molecule has 2 rings (SSSR count). The van der Waals surface area contributed by atoms with Gasteiger partial charge in [0.05, 0.1) is 0 Å². The molecule has 1 amide bonds.